The Balaban J connectivity index is 1.49. The molecule has 2 aliphatic carbocycles. The molecule has 18 heavy (non-hydrogen) atoms. The molecule has 3 heterocycles. The summed E-state index contributed by atoms with van der Waals surface area (Å²) in [7, 11) is 0. The molecule has 0 aromatic heterocycles. The van der Waals surface area contributed by atoms with Crippen molar-refractivity contribution in [3.63, 3.8) is 0 Å². The van der Waals surface area contributed by atoms with Crippen LogP contribution in [0.25, 0.3) is 0 Å². The van der Waals surface area contributed by atoms with Crippen molar-refractivity contribution in [2.75, 3.05) is 5.75 Å². The van der Waals surface area contributed by atoms with Crippen LogP contribution in [0.3, 0.4) is 0 Å². The first-order valence-electron chi connectivity index (χ1n) is 7.81. The number of thioether (sulfide) groups is 3. The van der Waals surface area contributed by atoms with Crippen molar-refractivity contribution in [2.45, 2.75) is 70.7 Å². The van der Waals surface area contributed by atoms with E-state index in [-0.39, 0.29) is 0 Å². The van der Waals surface area contributed by atoms with E-state index in [1.54, 1.807) is 19.3 Å². The van der Waals surface area contributed by atoms with Gasteiger partial charge in [-0.3, -0.25) is 0 Å². The summed E-state index contributed by atoms with van der Waals surface area (Å²) in [6.45, 7) is 0. The highest BCUT2D eigenvalue weighted by atomic mass is 32.2. The van der Waals surface area contributed by atoms with E-state index in [9.17, 15) is 0 Å². The number of fused-ring (bicyclic) bond motifs is 5. The normalized spacial score (nSPS) is 61.3. The van der Waals surface area contributed by atoms with Crippen molar-refractivity contribution in [2.24, 2.45) is 11.8 Å². The first-order valence-corrected chi connectivity index (χ1v) is 10.7. The number of hydrogen-bond donors (Lipinski definition) is 0. The van der Waals surface area contributed by atoms with Crippen LogP contribution >= 0.6 is 35.3 Å². The minimum absolute atomic E-state index is 0.722. The third kappa shape index (κ3) is 1.45. The zero-order valence-electron chi connectivity index (χ0n) is 10.8. The molecular weight excluding hydrogens is 276 g/mol. The van der Waals surface area contributed by atoms with E-state index < -0.39 is 0 Å². The average molecular weight is 299 g/mol. The molecule has 5 fully saturated rings. The lowest BCUT2D eigenvalue weighted by Gasteiger charge is -2.31. The van der Waals surface area contributed by atoms with E-state index >= 15 is 0 Å². The second-order valence-electron chi connectivity index (χ2n) is 7.06. The summed E-state index contributed by atoms with van der Waals surface area (Å²) < 4.78 is 0.722. The zero-order valence-corrected chi connectivity index (χ0v) is 13.3. The molecule has 0 aromatic carbocycles. The Labute approximate surface area is 123 Å². The standard InChI is InChI=1S/C15H22S3/c1-3-9-11(5-1)16-8-15-7-13(9)17-14(15)10-4-2-6-12(10)18-15/h9-14H,1-8H2. The van der Waals surface area contributed by atoms with E-state index in [1.807, 2.05) is 0 Å². The van der Waals surface area contributed by atoms with Gasteiger partial charge in [-0.1, -0.05) is 12.8 Å². The van der Waals surface area contributed by atoms with Gasteiger partial charge in [0.25, 0.3) is 0 Å². The molecule has 7 atom stereocenters. The van der Waals surface area contributed by atoms with Gasteiger partial charge in [0, 0.05) is 31.5 Å². The highest BCUT2D eigenvalue weighted by molar-refractivity contribution is 8.08. The SMILES string of the molecule is C1CC2SCC34CC(SC3C3CCCC3S4)C2C1. The maximum absolute atomic E-state index is 2.47. The third-order valence-corrected chi connectivity index (χ3v) is 12.1. The molecule has 0 nitrogen and oxygen atoms in total. The topological polar surface area (TPSA) is 0 Å². The molecule has 7 unspecified atom stereocenters. The highest BCUT2D eigenvalue weighted by Gasteiger charge is 2.63. The van der Waals surface area contributed by atoms with E-state index in [4.69, 9.17) is 0 Å². The predicted molar refractivity (Wildman–Crippen MR) is 84.8 cm³/mol. The Morgan fingerprint density at radius 2 is 1.67 bits per heavy atom. The lowest BCUT2D eigenvalue weighted by molar-refractivity contribution is 0.467. The minimum atomic E-state index is 0.722. The van der Waals surface area contributed by atoms with Crippen LogP contribution in [-0.4, -0.2) is 31.5 Å². The summed E-state index contributed by atoms with van der Waals surface area (Å²) in [5, 5.41) is 4.20. The molecule has 5 rings (SSSR count). The molecule has 2 saturated carbocycles. The molecule has 5 aliphatic rings. The Morgan fingerprint density at radius 3 is 2.61 bits per heavy atom. The molecule has 100 valence electrons. The van der Waals surface area contributed by atoms with Gasteiger partial charge in [0.05, 0.1) is 0 Å². The molecule has 3 heteroatoms. The molecular formula is C15H22S3. The van der Waals surface area contributed by atoms with Crippen molar-refractivity contribution in [1.29, 1.82) is 0 Å². The van der Waals surface area contributed by atoms with Crippen LogP contribution in [0.5, 0.6) is 0 Å². The van der Waals surface area contributed by atoms with Crippen LogP contribution in [0.1, 0.15) is 44.9 Å². The second-order valence-corrected chi connectivity index (χ2v) is 11.3. The first-order chi connectivity index (χ1) is 8.86. The van der Waals surface area contributed by atoms with Crippen molar-refractivity contribution in [3.05, 3.63) is 0 Å². The Hall–Kier alpha value is 1.05. The van der Waals surface area contributed by atoms with Crippen LogP contribution < -0.4 is 0 Å². The number of hydrogen-bond acceptors (Lipinski definition) is 3. The minimum Gasteiger partial charge on any atom is -0.157 e. The van der Waals surface area contributed by atoms with E-state index in [1.165, 1.54) is 31.4 Å². The van der Waals surface area contributed by atoms with Gasteiger partial charge in [-0.15, -0.1) is 11.8 Å². The Kier molecular flexibility index (Phi) is 2.62. The van der Waals surface area contributed by atoms with Crippen LogP contribution in [0, 0.1) is 11.8 Å². The maximum Gasteiger partial charge on any atom is 0.0385 e. The summed E-state index contributed by atoms with van der Waals surface area (Å²) in [6.07, 6.45) is 10.8. The van der Waals surface area contributed by atoms with Crippen LogP contribution in [0.2, 0.25) is 0 Å². The van der Waals surface area contributed by atoms with Gasteiger partial charge in [0.15, 0.2) is 0 Å². The van der Waals surface area contributed by atoms with Crippen molar-refractivity contribution in [3.8, 4) is 0 Å². The van der Waals surface area contributed by atoms with E-state index in [0.717, 1.165) is 37.6 Å². The fraction of sp³-hybridized carbons (Fsp3) is 1.00. The lowest BCUT2D eigenvalue weighted by Crippen LogP contribution is -2.34. The van der Waals surface area contributed by atoms with Crippen molar-refractivity contribution < 1.29 is 0 Å². The van der Waals surface area contributed by atoms with Gasteiger partial charge in [-0.05, 0) is 43.9 Å². The smallest absolute Gasteiger partial charge is 0.0385 e. The molecule has 0 amide bonds. The van der Waals surface area contributed by atoms with E-state index in [0.29, 0.717) is 0 Å². The molecule has 2 bridgehead atoms. The van der Waals surface area contributed by atoms with Gasteiger partial charge >= 0.3 is 0 Å². The fourth-order valence-corrected chi connectivity index (χ4v) is 12.5. The summed E-state index contributed by atoms with van der Waals surface area (Å²) in [6, 6.07) is 0. The molecule has 0 radical (unpaired) electrons. The highest BCUT2D eigenvalue weighted by Crippen LogP contribution is 2.68. The van der Waals surface area contributed by atoms with Gasteiger partial charge in [0.1, 0.15) is 0 Å². The van der Waals surface area contributed by atoms with Gasteiger partial charge < -0.3 is 0 Å². The number of rotatable bonds is 0. The second kappa shape index (κ2) is 4.04. The van der Waals surface area contributed by atoms with Crippen LogP contribution in [0.4, 0.5) is 0 Å². The maximum atomic E-state index is 2.47. The Bertz CT molecular complexity index is 367. The summed E-state index contributed by atoms with van der Waals surface area (Å²) in [5.74, 6) is 3.69. The molecule has 3 aliphatic heterocycles. The lowest BCUT2D eigenvalue weighted by atomic mass is 9.88. The summed E-state index contributed by atoms with van der Waals surface area (Å²) in [5.41, 5.74) is 0. The van der Waals surface area contributed by atoms with Gasteiger partial charge in [0.2, 0.25) is 0 Å². The molecule has 0 aromatic rings. The summed E-state index contributed by atoms with van der Waals surface area (Å²) >= 11 is 7.33. The molecule has 0 N–H and O–H groups in total. The fourth-order valence-electron chi connectivity index (χ4n) is 5.43. The van der Waals surface area contributed by atoms with Crippen LogP contribution in [-0.2, 0) is 0 Å². The monoisotopic (exact) mass is 298 g/mol. The third-order valence-electron chi connectivity index (χ3n) is 6.19. The first kappa shape index (κ1) is 11.7. The Morgan fingerprint density at radius 1 is 0.833 bits per heavy atom. The largest absolute Gasteiger partial charge is 0.157 e. The van der Waals surface area contributed by atoms with Crippen molar-refractivity contribution >= 4 is 35.3 Å². The van der Waals surface area contributed by atoms with Gasteiger partial charge in [-0.2, -0.15) is 23.5 Å². The molecule has 3 saturated heterocycles. The van der Waals surface area contributed by atoms with E-state index in [2.05, 4.69) is 35.3 Å². The quantitative estimate of drug-likeness (QED) is 0.649. The molecule has 1 spiro atoms. The van der Waals surface area contributed by atoms with Gasteiger partial charge in [-0.25, -0.2) is 0 Å². The average Bonchev–Trinajstić information content (AvgIpc) is 3.02. The van der Waals surface area contributed by atoms with Crippen LogP contribution in [0.15, 0.2) is 0 Å². The zero-order chi connectivity index (χ0) is 11.7. The predicted octanol–water partition coefficient (Wildman–Crippen LogP) is 4.43. The van der Waals surface area contributed by atoms with Crippen molar-refractivity contribution in [1.82, 2.24) is 0 Å². The summed E-state index contributed by atoms with van der Waals surface area (Å²) in [4.78, 5) is 0.